The van der Waals surface area contributed by atoms with Crippen LogP contribution in [0.4, 0.5) is 0 Å². The van der Waals surface area contributed by atoms with Gasteiger partial charge in [-0.1, -0.05) is 11.8 Å². The Balaban J connectivity index is 1.62. The highest BCUT2D eigenvalue weighted by Crippen LogP contribution is 2.42. The van der Waals surface area contributed by atoms with Gasteiger partial charge in [0.25, 0.3) is 5.22 Å². The minimum Gasteiger partial charge on any atom is -0.415 e. The predicted octanol–water partition coefficient (Wildman–Crippen LogP) is 1.68. The van der Waals surface area contributed by atoms with Crippen LogP contribution in [0.1, 0.15) is 25.2 Å². The van der Waals surface area contributed by atoms with Gasteiger partial charge in [-0.25, -0.2) is 0 Å². The zero-order valence-electron chi connectivity index (χ0n) is 10.1. The summed E-state index contributed by atoms with van der Waals surface area (Å²) in [5.74, 6) is 2.85. The van der Waals surface area contributed by atoms with Crippen LogP contribution >= 0.6 is 23.5 Å². The van der Waals surface area contributed by atoms with Crippen LogP contribution in [0, 0.1) is 0 Å². The summed E-state index contributed by atoms with van der Waals surface area (Å²) in [6.07, 6.45) is 3.31. The maximum absolute atomic E-state index is 6.00. The fraction of sp³-hybridized carbons (Fsp3) is 0.818. The molecule has 2 fully saturated rings. The molecule has 0 radical (unpaired) electrons. The van der Waals surface area contributed by atoms with Crippen molar-refractivity contribution in [3.63, 3.8) is 0 Å². The van der Waals surface area contributed by atoms with E-state index in [0.717, 1.165) is 25.2 Å². The average Bonchev–Trinajstić information content (AvgIpc) is 2.99. The topological polar surface area (TPSA) is 74.2 Å². The molecule has 1 spiro atoms. The highest BCUT2D eigenvalue weighted by molar-refractivity contribution is 8.00. The molecule has 2 aliphatic heterocycles. The van der Waals surface area contributed by atoms with Gasteiger partial charge in [0.05, 0.1) is 12.1 Å². The molecule has 2 aliphatic rings. The molecule has 7 heteroatoms. The van der Waals surface area contributed by atoms with Crippen LogP contribution in [0.25, 0.3) is 0 Å². The average molecular weight is 287 g/mol. The minimum atomic E-state index is 0.108. The standard InChI is InChI=1S/C11H17N3O2S2/c12-6-9-13-14-10(16-9)18-8-1-3-15-11(5-8)2-4-17-7-11/h8H,1-7,12H2. The number of hydrogen-bond acceptors (Lipinski definition) is 7. The van der Waals surface area contributed by atoms with E-state index >= 15 is 0 Å². The summed E-state index contributed by atoms with van der Waals surface area (Å²) in [4.78, 5) is 0. The number of thioether (sulfide) groups is 2. The number of nitrogens with zero attached hydrogens (tertiary/aromatic N) is 2. The minimum absolute atomic E-state index is 0.108. The van der Waals surface area contributed by atoms with Crippen LogP contribution in [0.3, 0.4) is 0 Å². The Morgan fingerprint density at radius 2 is 2.44 bits per heavy atom. The number of nitrogens with two attached hydrogens (primary N) is 1. The monoisotopic (exact) mass is 287 g/mol. The van der Waals surface area contributed by atoms with E-state index in [2.05, 4.69) is 10.2 Å². The molecule has 0 saturated carbocycles. The first-order valence-corrected chi connectivity index (χ1v) is 8.24. The molecule has 3 rings (SSSR count). The summed E-state index contributed by atoms with van der Waals surface area (Å²) in [5.41, 5.74) is 5.57. The molecule has 100 valence electrons. The number of hydrogen-bond donors (Lipinski definition) is 1. The van der Waals surface area contributed by atoms with Crippen LogP contribution in [-0.2, 0) is 11.3 Å². The van der Waals surface area contributed by atoms with E-state index in [1.165, 1.54) is 12.2 Å². The van der Waals surface area contributed by atoms with Crippen molar-refractivity contribution in [3.8, 4) is 0 Å². The van der Waals surface area contributed by atoms with Gasteiger partial charge < -0.3 is 14.9 Å². The van der Waals surface area contributed by atoms with Gasteiger partial charge in [-0.15, -0.1) is 10.2 Å². The highest BCUT2D eigenvalue weighted by Gasteiger charge is 2.41. The van der Waals surface area contributed by atoms with E-state index < -0.39 is 0 Å². The Morgan fingerprint density at radius 3 is 3.17 bits per heavy atom. The second-order valence-corrected chi connectivity index (χ2v) is 7.09. The molecule has 0 amide bonds. The summed E-state index contributed by atoms with van der Waals surface area (Å²) in [6.45, 7) is 1.15. The zero-order valence-corrected chi connectivity index (χ0v) is 11.8. The maximum atomic E-state index is 6.00. The third kappa shape index (κ3) is 2.68. The summed E-state index contributed by atoms with van der Waals surface area (Å²) in [7, 11) is 0. The third-order valence-corrected chi connectivity index (χ3v) is 5.73. The Hall–Kier alpha value is -0.240. The van der Waals surface area contributed by atoms with Crippen molar-refractivity contribution in [2.45, 2.75) is 41.9 Å². The molecule has 18 heavy (non-hydrogen) atoms. The smallest absolute Gasteiger partial charge is 0.276 e. The van der Waals surface area contributed by atoms with Gasteiger partial charge >= 0.3 is 0 Å². The van der Waals surface area contributed by atoms with Crippen LogP contribution in [-0.4, -0.2) is 39.2 Å². The molecule has 0 aliphatic carbocycles. The van der Waals surface area contributed by atoms with Crippen molar-refractivity contribution in [1.29, 1.82) is 0 Å². The molecule has 1 aromatic heterocycles. The fourth-order valence-electron chi connectivity index (χ4n) is 2.46. The molecule has 2 saturated heterocycles. The first kappa shape index (κ1) is 12.8. The van der Waals surface area contributed by atoms with Crippen molar-refractivity contribution in [2.75, 3.05) is 18.1 Å². The van der Waals surface area contributed by atoms with Gasteiger partial charge in [-0.05, 0) is 25.0 Å². The summed E-state index contributed by atoms with van der Waals surface area (Å²) in [6, 6.07) is 0. The Labute approximate surface area is 115 Å². The number of aromatic nitrogens is 2. The molecule has 0 aromatic carbocycles. The summed E-state index contributed by atoms with van der Waals surface area (Å²) >= 11 is 3.67. The van der Waals surface area contributed by atoms with Crippen molar-refractivity contribution >= 4 is 23.5 Å². The van der Waals surface area contributed by atoms with E-state index in [4.69, 9.17) is 14.9 Å². The Bertz CT molecular complexity index is 407. The molecular formula is C11H17N3O2S2. The van der Waals surface area contributed by atoms with Gasteiger partial charge in [0.2, 0.25) is 5.89 Å². The van der Waals surface area contributed by atoms with Crippen molar-refractivity contribution < 1.29 is 9.15 Å². The lowest BCUT2D eigenvalue weighted by Crippen LogP contribution is -2.40. The quantitative estimate of drug-likeness (QED) is 0.906. The molecule has 2 unspecified atom stereocenters. The second kappa shape index (κ2) is 5.40. The van der Waals surface area contributed by atoms with Crippen LogP contribution in [0.2, 0.25) is 0 Å². The van der Waals surface area contributed by atoms with E-state index in [0.29, 0.717) is 22.9 Å². The van der Waals surface area contributed by atoms with Gasteiger partial charge in [0, 0.05) is 17.6 Å². The molecule has 2 N–H and O–H groups in total. The van der Waals surface area contributed by atoms with E-state index in [1.807, 2.05) is 11.8 Å². The molecule has 2 atom stereocenters. The predicted molar refractivity (Wildman–Crippen MR) is 71.7 cm³/mol. The largest absolute Gasteiger partial charge is 0.415 e. The molecule has 1 aromatic rings. The lowest BCUT2D eigenvalue weighted by Gasteiger charge is -2.36. The summed E-state index contributed by atoms with van der Waals surface area (Å²) in [5, 5.41) is 9.07. The zero-order chi connectivity index (χ0) is 12.4. The van der Waals surface area contributed by atoms with Crippen molar-refractivity contribution in [1.82, 2.24) is 10.2 Å². The maximum Gasteiger partial charge on any atom is 0.276 e. The third-order valence-electron chi connectivity index (χ3n) is 3.41. The van der Waals surface area contributed by atoms with Crippen molar-refractivity contribution in [2.24, 2.45) is 5.73 Å². The SMILES string of the molecule is NCc1nnc(SC2CCOC3(CCSC3)C2)o1. The molecule has 3 heterocycles. The van der Waals surface area contributed by atoms with E-state index in [9.17, 15) is 0 Å². The molecular weight excluding hydrogens is 270 g/mol. The van der Waals surface area contributed by atoms with E-state index in [-0.39, 0.29) is 5.60 Å². The molecule has 5 nitrogen and oxygen atoms in total. The van der Waals surface area contributed by atoms with Crippen LogP contribution < -0.4 is 5.73 Å². The highest BCUT2D eigenvalue weighted by atomic mass is 32.2. The normalized spacial score (nSPS) is 32.2. The Kier molecular flexibility index (Phi) is 3.83. The van der Waals surface area contributed by atoms with Gasteiger partial charge in [-0.3, -0.25) is 0 Å². The van der Waals surface area contributed by atoms with Crippen LogP contribution in [0.15, 0.2) is 9.64 Å². The lowest BCUT2D eigenvalue weighted by molar-refractivity contribution is -0.0563. The Morgan fingerprint density at radius 1 is 1.50 bits per heavy atom. The first-order chi connectivity index (χ1) is 8.80. The van der Waals surface area contributed by atoms with Gasteiger partial charge in [0.15, 0.2) is 0 Å². The van der Waals surface area contributed by atoms with Crippen molar-refractivity contribution in [3.05, 3.63) is 5.89 Å². The van der Waals surface area contributed by atoms with E-state index in [1.54, 1.807) is 11.8 Å². The number of ether oxygens (including phenoxy) is 1. The fourth-order valence-corrected chi connectivity index (χ4v) is 4.95. The van der Waals surface area contributed by atoms with Gasteiger partial charge in [-0.2, -0.15) is 11.8 Å². The first-order valence-electron chi connectivity index (χ1n) is 6.20. The van der Waals surface area contributed by atoms with Gasteiger partial charge in [0.1, 0.15) is 0 Å². The lowest BCUT2D eigenvalue weighted by atomic mass is 9.93. The number of rotatable bonds is 3. The second-order valence-electron chi connectivity index (χ2n) is 4.73. The molecule has 0 bridgehead atoms. The van der Waals surface area contributed by atoms with Crippen LogP contribution in [0.5, 0.6) is 0 Å². The summed E-state index contributed by atoms with van der Waals surface area (Å²) < 4.78 is 11.5.